The summed E-state index contributed by atoms with van der Waals surface area (Å²) in [7, 11) is 0. The van der Waals surface area contributed by atoms with Crippen LogP contribution in [-0.4, -0.2) is 309 Å². The second kappa shape index (κ2) is 25.7. The van der Waals surface area contributed by atoms with Crippen molar-refractivity contribution in [2.75, 3.05) is 46.2 Å². The maximum Gasteiger partial charge on any atom is 0.317 e. The summed E-state index contributed by atoms with van der Waals surface area (Å²) in [4.78, 5) is 15.4. The topological polar surface area (TPSA) is 494 Å². The van der Waals surface area contributed by atoms with Gasteiger partial charge in [0.05, 0.1) is 64.1 Å². The van der Waals surface area contributed by atoms with Gasteiger partial charge in [0.15, 0.2) is 31.3 Å². The predicted molar refractivity (Wildman–Crippen MR) is 289 cm³/mol. The molecular formula is C58H94O30. The van der Waals surface area contributed by atoms with Crippen molar-refractivity contribution in [2.24, 2.45) is 50.2 Å². The fraction of sp³-hybridized carbons (Fsp3) is 0.948. The molecule has 88 heavy (non-hydrogen) atoms. The van der Waals surface area contributed by atoms with Gasteiger partial charge in [-0.25, -0.2) is 0 Å². The minimum absolute atomic E-state index is 0.0268. The van der Waals surface area contributed by atoms with Crippen LogP contribution < -0.4 is 0 Å². The average molecular weight is 1270 g/mol. The molecule has 0 aromatic heterocycles. The Balaban J connectivity index is 0.901. The van der Waals surface area contributed by atoms with Gasteiger partial charge in [0, 0.05) is 17.4 Å². The lowest BCUT2D eigenvalue weighted by molar-refractivity contribution is -0.378. The van der Waals surface area contributed by atoms with Crippen molar-refractivity contribution < 1.29 is 149 Å². The lowest BCUT2D eigenvalue weighted by Gasteiger charge is -2.72. The van der Waals surface area contributed by atoms with Crippen molar-refractivity contribution in [3.63, 3.8) is 0 Å². The number of hydrogen-bond donors (Lipinski definition) is 19. The molecule has 506 valence electrons. The Morgan fingerprint density at radius 1 is 0.534 bits per heavy atom. The summed E-state index contributed by atoms with van der Waals surface area (Å²) in [6.07, 6.45) is -40.7. The quantitative estimate of drug-likeness (QED) is 0.0412. The fourth-order valence-electron chi connectivity index (χ4n) is 17.6. The summed E-state index contributed by atoms with van der Waals surface area (Å²) in [5.74, 6) is -3.00. The fourth-order valence-corrected chi connectivity index (χ4v) is 17.6. The van der Waals surface area contributed by atoms with Gasteiger partial charge in [0.2, 0.25) is 6.29 Å². The first-order valence-corrected chi connectivity index (χ1v) is 30.7. The minimum Gasteiger partial charge on any atom is -0.432 e. The van der Waals surface area contributed by atoms with E-state index in [0.29, 0.717) is 19.3 Å². The van der Waals surface area contributed by atoms with Gasteiger partial charge >= 0.3 is 5.97 Å². The Bertz CT molecular complexity index is 2440. The standard InChI is InChI=1S/C58H94O30/c1-22-43(84-47-39(74)33(68)26(65)17-79-47)38(73)41(76)48(81-22)86-45-34(69)27(66)18-80-51(45)88-52(78)58-11-10-53(2,3)12-24(58)23-6-7-30-54(4,55(23,5)14-32(58)67)9-8-31-56(30,19-61)13-25(64)46(57(31,20-62)21-63)87-50-42(77)44(36(71)29(16-60)83-50)85-49-40(75)37(72)35(70)28(15-59)82-49/h6,22,24-51,59-77H,7-21H2,1-5H3/t22-,24-,25-,26+,27-,28+,29+,30-,31+,32+,33-,34-,35+,36+,37-,38-,39+,40+,41+,42+,43-,44-,45+,46-,47-,48-,49-,50-,51-,54+,55+,56-,58+/m0/s1. The van der Waals surface area contributed by atoms with Crippen molar-refractivity contribution >= 4 is 5.97 Å². The van der Waals surface area contributed by atoms with E-state index in [2.05, 4.69) is 0 Å². The molecule has 5 aliphatic carbocycles. The highest BCUT2D eigenvalue weighted by Gasteiger charge is 2.75. The van der Waals surface area contributed by atoms with Crippen molar-refractivity contribution in [1.82, 2.24) is 0 Å². The zero-order valence-electron chi connectivity index (χ0n) is 49.9. The first-order chi connectivity index (χ1) is 41.4. The van der Waals surface area contributed by atoms with Crippen LogP contribution in [0.4, 0.5) is 0 Å². The summed E-state index contributed by atoms with van der Waals surface area (Å²) in [5.41, 5.74) is -6.13. The van der Waals surface area contributed by atoms with Gasteiger partial charge in [-0.1, -0.05) is 39.3 Å². The van der Waals surface area contributed by atoms with Crippen LogP contribution in [0.25, 0.3) is 0 Å². The monoisotopic (exact) mass is 1270 g/mol. The molecule has 30 heteroatoms. The Hall–Kier alpha value is -1.91. The number of ether oxygens (including phenoxy) is 10. The van der Waals surface area contributed by atoms with E-state index in [1.807, 2.05) is 33.8 Å². The van der Waals surface area contributed by atoms with Crippen molar-refractivity contribution in [3.05, 3.63) is 11.6 Å². The molecule has 0 amide bonds. The summed E-state index contributed by atoms with van der Waals surface area (Å²) >= 11 is 0. The van der Waals surface area contributed by atoms with E-state index in [9.17, 15) is 97.0 Å². The number of fused-ring (bicyclic) bond motifs is 7. The zero-order valence-corrected chi connectivity index (χ0v) is 49.9. The van der Waals surface area contributed by atoms with Gasteiger partial charge < -0.3 is 144 Å². The molecule has 9 fully saturated rings. The predicted octanol–water partition coefficient (Wildman–Crippen LogP) is -7.05. The molecule has 33 atom stereocenters. The summed E-state index contributed by atoms with van der Waals surface area (Å²) in [6, 6.07) is 0. The second-order valence-electron chi connectivity index (χ2n) is 28.1. The highest BCUT2D eigenvalue weighted by atomic mass is 16.8. The third-order valence-corrected chi connectivity index (χ3v) is 22.9. The molecule has 0 spiro atoms. The maximum absolute atomic E-state index is 15.4. The molecule has 5 aliphatic heterocycles. The van der Waals surface area contributed by atoms with Crippen LogP contribution in [0.2, 0.25) is 0 Å². The molecule has 0 aromatic carbocycles. The van der Waals surface area contributed by atoms with Gasteiger partial charge in [-0.15, -0.1) is 0 Å². The molecule has 5 saturated heterocycles. The van der Waals surface area contributed by atoms with E-state index in [1.165, 1.54) is 6.92 Å². The van der Waals surface area contributed by atoms with E-state index in [0.717, 1.165) is 5.57 Å². The van der Waals surface area contributed by atoms with E-state index in [4.69, 9.17) is 47.4 Å². The zero-order chi connectivity index (χ0) is 64.3. The molecule has 19 N–H and O–H groups in total. The smallest absolute Gasteiger partial charge is 0.317 e. The van der Waals surface area contributed by atoms with Crippen LogP contribution in [0.5, 0.6) is 0 Å². The summed E-state index contributed by atoms with van der Waals surface area (Å²) < 4.78 is 58.6. The SMILES string of the molecule is C[C@@H]1O[C@@H](O[C@H]2[C@H](OC(=O)[C@]34CCC(C)(C)C[C@H]3C3=CC[C@@H]5[C@@]6(CO)C[C@H](O)[C@H](O[C@@H]7O[C@H](CO)[C@@H](O)[C@H](O[C@@H]8O[C@H](CO)[C@@H](O)[C@H](O)[C@H]8O)[C@H]7O)C(CO)(CO)[C@@H]6CC[C@@]5(C)[C@]3(C)C[C@H]4O)OC[C@H](O)[C@@H]2O)[C@H](O)[C@H](O)[C@H]1O[C@@H]1OC[C@@H](O)[C@H](O)[C@H]1O. The number of carbonyl (C=O) groups is 1. The largest absolute Gasteiger partial charge is 0.432 e. The number of allylic oxidation sites excluding steroid dienone is 2. The van der Waals surface area contributed by atoms with Crippen molar-refractivity contribution in [1.29, 1.82) is 0 Å². The van der Waals surface area contributed by atoms with Gasteiger partial charge in [0.25, 0.3) is 0 Å². The first kappa shape index (κ1) is 68.9. The van der Waals surface area contributed by atoms with E-state index >= 15 is 4.79 Å². The number of hydrogen-bond acceptors (Lipinski definition) is 30. The Kier molecular flexibility index (Phi) is 20.1. The number of esters is 1. The van der Waals surface area contributed by atoms with Gasteiger partial charge in [-0.05, 0) is 92.3 Å². The average Bonchev–Trinajstić information content (AvgIpc) is 0.679. The second-order valence-corrected chi connectivity index (χ2v) is 28.1. The third kappa shape index (κ3) is 11.1. The molecule has 0 bridgehead atoms. The number of carbonyl (C=O) groups excluding carboxylic acids is 1. The lowest BCUT2D eigenvalue weighted by Crippen LogP contribution is -2.73. The Morgan fingerprint density at radius 2 is 1.10 bits per heavy atom. The van der Waals surface area contributed by atoms with Crippen LogP contribution >= 0.6 is 0 Å². The van der Waals surface area contributed by atoms with Crippen molar-refractivity contribution in [2.45, 2.75) is 246 Å². The lowest BCUT2D eigenvalue weighted by atomic mass is 9.32. The van der Waals surface area contributed by atoms with Gasteiger partial charge in [0.1, 0.15) is 103 Å². The van der Waals surface area contributed by atoms with E-state index < -0.39 is 262 Å². The molecule has 4 saturated carbocycles. The molecule has 0 unspecified atom stereocenters. The normalized spacial score (nSPS) is 53.5. The molecule has 0 radical (unpaired) electrons. The minimum atomic E-state index is -2.03. The van der Waals surface area contributed by atoms with Crippen LogP contribution in [-0.2, 0) is 52.2 Å². The van der Waals surface area contributed by atoms with Crippen LogP contribution in [0.1, 0.15) is 86.0 Å². The number of aliphatic hydroxyl groups excluding tert-OH is 19. The molecule has 5 heterocycles. The molecule has 10 rings (SSSR count). The van der Waals surface area contributed by atoms with E-state index in [-0.39, 0.29) is 32.1 Å². The molecule has 0 aromatic rings. The highest BCUT2D eigenvalue weighted by Crippen LogP contribution is 2.76. The Morgan fingerprint density at radius 3 is 1.74 bits per heavy atom. The molecule has 30 nitrogen and oxygen atoms in total. The molecular weight excluding hydrogens is 1180 g/mol. The summed E-state index contributed by atoms with van der Waals surface area (Å²) in [6.45, 7) is 4.67. The van der Waals surface area contributed by atoms with Crippen LogP contribution in [0.15, 0.2) is 11.6 Å². The summed E-state index contributed by atoms with van der Waals surface area (Å²) in [5, 5.41) is 211. The highest BCUT2D eigenvalue weighted by molar-refractivity contribution is 5.80. The first-order valence-electron chi connectivity index (χ1n) is 30.7. The maximum atomic E-state index is 15.4. The Labute approximate surface area is 507 Å². The molecule has 10 aliphatic rings. The van der Waals surface area contributed by atoms with E-state index in [1.54, 1.807) is 0 Å². The number of rotatable bonds is 15. The third-order valence-electron chi connectivity index (χ3n) is 22.9. The van der Waals surface area contributed by atoms with Gasteiger partial charge in [-0.3, -0.25) is 4.79 Å². The van der Waals surface area contributed by atoms with Crippen LogP contribution in [0.3, 0.4) is 0 Å². The van der Waals surface area contributed by atoms with Gasteiger partial charge in [-0.2, -0.15) is 0 Å². The number of aliphatic hydroxyl groups is 19. The van der Waals surface area contributed by atoms with Crippen LogP contribution in [0, 0.1) is 50.2 Å². The van der Waals surface area contributed by atoms with Crippen molar-refractivity contribution in [3.8, 4) is 0 Å².